The van der Waals surface area contributed by atoms with E-state index in [-0.39, 0.29) is 12.5 Å². The molecule has 0 fully saturated rings. The van der Waals surface area contributed by atoms with Gasteiger partial charge in [0, 0.05) is 13.1 Å². The Morgan fingerprint density at radius 3 is 2.70 bits per heavy atom. The van der Waals surface area contributed by atoms with Crippen LogP contribution >= 0.6 is 0 Å². The van der Waals surface area contributed by atoms with E-state index in [1.165, 1.54) is 0 Å². The van der Waals surface area contributed by atoms with E-state index in [1.807, 2.05) is 36.9 Å². The van der Waals surface area contributed by atoms with Crippen LogP contribution in [0.5, 0.6) is 0 Å². The second kappa shape index (κ2) is 8.33. The van der Waals surface area contributed by atoms with Gasteiger partial charge in [-0.3, -0.25) is 9.69 Å². The zero-order valence-corrected chi connectivity index (χ0v) is 12.4. The second-order valence-electron chi connectivity index (χ2n) is 4.70. The van der Waals surface area contributed by atoms with Gasteiger partial charge < -0.3 is 4.74 Å². The van der Waals surface area contributed by atoms with E-state index in [9.17, 15) is 4.79 Å². The molecule has 0 N–H and O–H groups in total. The summed E-state index contributed by atoms with van der Waals surface area (Å²) < 4.78 is 5.00. The lowest BCUT2D eigenvalue weighted by atomic mass is 10.0. The zero-order valence-electron chi connectivity index (χ0n) is 12.4. The standard InChI is InChI=1S/C17H23NO2/c1-5-11-18(13-17(19)20-6-2)12-15-9-7-8-10-16(15)14(3)4/h5,7-10H,1,3,6,11-13H2,2,4H3. The maximum Gasteiger partial charge on any atom is 0.320 e. The third kappa shape index (κ3) is 5.02. The molecule has 0 aliphatic heterocycles. The Kier molecular flexibility index (Phi) is 6.74. The summed E-state index contributed by atoms with van der Waals surface area (Å²) in [6, 6.07) is 8.11. The maximum atomic E-state index is 11.6. The number of esters is 1. The fourth-order valence-electron chi connectivity index (χ4n) is 2.07. The summed E-state index contributed by atoms with van der Waals surface area (Å²) in [6.07, 6.45) is 1.79. The van der Waals surface area contributed by atoms with Crippen LogP contribution in [0.3, 0.4) is 0 Å². The molecule has 20 heavy (non-hydrogen) atoms. The molecule has 0 spiro atoms. The molecule has 0 heterocycles. The molecular weight excluding hydrogens is 250 g/mol. The summed E-state index contributed by atoms with van der Waals surface area (Å²) in [6.45, 7) is 13.5. The van der Waals surface area contributed by atoms with Crippen molar-refractivity contribution < 1.29 is 9.53 Å². The molecule has 1 aromatic rings. The number of hydrogen-bond acceptors (Lipinski definition) is 3. The molecule has 0 saturated carbocycles. The molecule has 3 nitrogen and oxygen atoms in total. The minimum atomic E-state index is -0.206. The van der Waals surface area contributed by atoms with Crippen LogP contribution in [-0.4, -0.2) is 30.6 Å². The van der Waals surface area contributed by atoms with Gasteiger partial charge in [-0.2, -0.15) is 0 Å². The van der Waals surface area contributed by atoms with Crippen LogP contribution in [0, 0.1) is 0 Å². The van der Waals surface area contributed by atoms with Crippen LogP contribution < -0.4 is 0 Å². The van der Waals surface area contributed by atoms with Crippen molar-refractivity contribution in [3.8, 4) is 0 Å². The maximum absolute atomic E-state index is 11.6. The van der Waals surface area contributed by atoms with Crippen molar-refractivity contribution in [1.29, 1.82) is 0 Å². The summed E-state index contributed by atoms with van der Waals surface area (Å²) in [5, 5.41) is 0. The third-order valence-electron chi connectivity index (χ3n) is 2.92. The topological polar surface area (TPSA) is 29.5 Å². The largest absolute Gasteiger partial charge is 0.465 e. The van der Waals surface area contributed by atoms with E-state index in [2.05, 4.69) is 19.2 Å². The molecule has 0 unspecified atom stereocenters. The molecule has 0 aliphatic carbocycles. The molecule has 0 bridgehead atoms. The Labute approximate surface area is 121 Å². The SMILES string of the molecule is C=CCN(CC(=O)OCC)Cc1ccccc1C(=C)C. The molecule has 0 radical (unpaired) electrons. The molecule has 0 aliphatic rings. The van der Waals surface area contributed by atoms with Gasteiger partial charge in [0.1, 0.15) is 0 Å². The highest BCUT2D eigenvalue weighted by molar-refractivity contribution is 5.71. The molecule has 1 aromatic carbocycles. The first-order valence-electron chi connectivity index (χ1n) is 6.81. The summed E-state index contributed by atoms with van der Waals surface area (Å²) in [4.78, 5) is 13.6. The van der Waals surface area contributed by atoms with Crippen molar-refractivity contribution in [3.05, 3.63) is 54.6 Å². The van der Waals surface area contributed by atoms with Gasteiger partial charge in [0.05, 0.1) is 13.2 Å². The van der Waals surface area contributed by atoms with E-state index < -0.39 is 0 Å². The average Bonchev–Trinajstić information content (AvgIpc) is 2.39. The Morgan fingerprint density at radius 1 is 1.40 bits per heavy atom. The Bertz CT molecular complexity index is 480. The smallest absolute Gasteiger partial charge is 0.320 e. The van der Waals surface area contributed by atoms with Crippen molar-refractivity contribution in [2.75, 3.05) is 19.7 Å². The van der Waals surface area contributed by atoms with Gasteiger partial charge in [-0.05, 0) is 25.0 Å². The molecule has 3 heteroatoms. The van der Waals surface area contributed by atoms with Gasteiger partial charge in [-0.15, -0.1) is 6.58 Å². The summed E-state index contributed by atoms with van der Waals surface area (Å²) in [5.74, 6) is -0.206. The number of nitrogens with zero attached hydrogens (tertiary/aromatic N) is 1. The number of ether oxygens (including phenoxy) is 1. The number of carbonyl (C=O) groups excluding carboxylic acids is 1. The zero-order chi connectivity index (χ0) is 15.0. The van der Waals surface area contributed by atoms with Crippen molar-refractivity contribution in [2.45, 2.75) is 20.4 Å². The Balaban J connectivity index is 2.82. The predicted molar refractivity (Wildman–Crippen MR) is 83.3 cm³/mol. The first-order chi connectivity index (χ1) is 9.58. The average molecular weight is 273 g/mol. The molecular formula is C17H23NO2. The minimum absolute atomic E-state index is 0.206. The molecule has 0 atom stereocenters. The van der Waals surface area contributed by atoms with Crippen LogP contribution in [0.25, 0.3) is 5.57 Å². The first kappa shape index (κ1) is 16.2. The van der Waals surface area contributed by atoms with Gasteiger partial charge in [0.2, 0.25) is 0 Å². The lowest BCUT2D eigenvalue weighted by Crippen LogP contribution is -2.31. The van der Waals surface area contributed by atoms with E-state index in [4.69, 9.17) is 4.74 Å². The second-order valence-corrected chi connectivity index (χ2v) is 4.70. The van der Waals surface area contributed by atoms with Gasteiger partial charge in [0.15, 0.2) is 0 Å². The van der Waals surface area contributed by atoms with E-state index in [1.54, 1.807) is 6.08 Å². The molecule has 0 saturated heterocycles. The van der Waals surface area contributed by atoms with Crippen LogP contribution in [0.1, 0.15) is 25.0 Å². The number of allylic oxidation sites excluding steroid dienone is 1. The van der Waals surface area contributed by atoms with Crippen LogP contribution in [0.15, 0.2) is 43.5 Å². The molecule has 0 amide bonds. The van der Waals surface area contributed by atoms with Crippen LogP contribution in [0.2, 0.25) is 0 Å². The van der Waals surface area contributed by atoms with Crippen molar-refractivity contribution >= 4 is 11.5 Å². The normalized spacial score (nSPS) is 10.3. The highest BCUT2D eigenvalue weighted by Gasteiger charge is 2.12. The van der Waals surface area contributed by atoms with E-state index in [0.29, 0.717) is 19.7 Å². The fourth-order valence-corrected chi connectivity index (χ4v) is 2.07. The fraction of sp³-hybridized carbons (Fsp3) is 0.353. The number of hydrogen-bond donors (Lipinski definition) is 0. The van der Waals surface area contributed by atoms with Gasteiger partial charge in [-0.1, -0.05) is 42.5 Å². The van der Waals surface area contributed by atoms with Crippen molar-refractivity contribution in [2.24, 2.45) is 0 Å². The Morgan fingerprint density at radius 2 is 2.10 bits per heavy atom. The molecule has 108 valence electrons. The van der Waals surface area contributed by atoms with Gasteiger partial charge >= 0.3 is 5.97 Å². The monoisotopic (exact) mass is 273 g/mol. The first-order valence-corrected chi connectivity index (χ1v) is 6.81. The lowest BCUT2D eigenvalue weighted by molar-refractivity contribution is -0.144. The van der Waals surface area contributed by atoms with E-state index in [0.717, 1.165) is 16.7 Å². The number of carbonyl (C=O) groups is 1. The minimum Gasteiger partial charge on any atom is -0.465 e. The van der Waals surface area contributed by atoms with Crippen molar-refractivity contribution in [1.82, 2.24) is 4.90 Å². The number of rotatable bonds is 8. The highest BCUT2D eigenvalue weighted by atomic mass is 16.5. The molecule has 0 aromatic heterocycles. The Hall–Kier alpha value is -1.87. The van der Waals surface area contributed by atoms with Crippen LogP contribution in [-0.2, 0) is 16.1 Å². The number of benzene rings is 1. The van der Waals surface area contributed by atoms with Crippen LogP contribution in [0.4, 0.5) is 0 Å². The predicted octanol–water partition coefficient (Wildman–Crippen LogP) is 3.27. The summed E-state index contributed by atoms with van der Waals surface area (Å²) >= 11 is 0. The van der Waals surface area contributed by atoms with Gasteiger partial charge in [-0.25, -0.2) is 0 Å². The van der Waals surface area contributed by atoms with Gasteiger partial charge in [0.25, 0.3) is 0 Å². The lowest BCUT2D eigenvalue weighted by Gasteiger charge is -2.21. The third-order valence-corrected chi connectivity index (χ3v) is 2.92. The summed E-state index contributed by atoms with van der Waals surface area (Å²) in [7, 11) is 0. The molecule has 1 rings (SSSR count). The van der Waals surface area contributed by atoms with E-state index >= 15 is 0 Å². The summed E-state index contributed by atoms with van der Waals surface area (Å²) in [5.41, 5.74) is 3.31. The highest BCUT2D eigenvalue weighted by Crippen LogP contribution is 2.18. The quantitative estimate of drug-likeness (QED) is 0.538. The van der Waals surface area contributed by atoms with Crippen molar-refractivity contribution in [3.63, 3.8) is 0 Å².